The minimum absolute atomic E-state index is 0.0781. The summed E-state index contributed by atoms with van der Waals surface area (Å²) in [5.74, 6) is 10.5. The van der Waals surface area contributed by atoms with Crippen LogP contribution < -0.4 is 20.7 Å². The van der Waals surface area contributed by atoms with E-state index in [-0.39, 0.29) is 6.04 Å². The number of fused-ring (bicyclic) bond motifs is 1. The van der Waals surface area contributed by atoms with Crippen LogP contribution in [0.1, 0.15) is 22.7 Å². The minimum atomic E-state index is -1.53. The zero-order valence-electron chi connectivity index (χ0n) is 18.3. The summed E-state index contributed by atoms with van der Waals surface area (Å²) in [6, 6.07) is 18.8. The van der Waals surface area contributed by atoms with Gasteiger partial charge in [-0.3, -0.25) is 4.72 Å². The smallest absolute Gasteiger partial charge is 0.139 e. The first-order chi connectivity index (χ1) is 15.4. The Kier molecular flexibility index (Phi) is 6.85. The first-order valence-corrected chi connectivity index (χ1v) is 13.1. The zero-order valence-corrected chi connectivity index (χ0v) is 20.3. The van der Waals surface area contributed by atoms with Crippen molar-refractivity contribution >= 4 is 53.4 Å². The second kappa shape index (κ2) is 9.78. The Morgan fingerprint density at radius 1 is 1.12 bits per heavy atom. The van der Waals surface area contributed by atoms with Gasteiger partial charge in [0.15, 0.2) is 0 Å². The maximum absolute atomic E-state index is 4.53. The second-order valence-electron chi connectivity index (χ2n) is 7.87. The molecule has 1 aliphatic heterocycles. The lowest BCUT2D eigenvalue weighted by Gasteiger charge is -2.27. The number of aromatic nitrogens is 2. The van der Waals surface area contributed by atoms with Gasteiger partial charge in [0.2, 0.25) is 0 Å². The molecule has 0 saturated heterocycles. The summed E-state index contributed by atoms with van der Waals surface area (Å²) in [6.45, 7) is 3.62. The lowest BCUT2D eigenvalue weighted by atomic mass is 10.00. The molecule has 2 unspecified atom stereocenters. The third kappa shape index (κ3) is 5.33. The lowest BCUT2D eigenvalue weighted by molar-refractivity contribution is 0.727. The molecule has 2 atom stereocenters. The first-order valence-electron chi connectivity index (χ1n) is 10.5. The molecule has 32 heavy (non-hydrogen) atoms. The highest BCUT2D eigenvalue weighted by Gasteiger charge is 2.23. The number of hydrogen-bond donors (Lipinski definition) is 3. The van der Waals surface area contributed by atoms with Crippen LogP contribution in [-0.4, -0.2) is 34.6 Å². The van der Waals surface area contributed by atoms with Gasteiger partial charge in [0, 0.05) is 18.4 Å². The van der Waals surface area contributed by atoms with Crippen LogP contribution >= 0.6 is 18.6 Å². The average molecular weight is 464 g/mol. The van der Waals surface area contributed by atoms with E-state index in [2.05, 4.69) is 102 Å². The summed E-state index contributed by atoms with van der Waals surface area (Å²) < 4.78 is 5.40. The number of rotatable bonds is 8. The van der Waals surface area contributed by atoms with Crippen molar-refractivity contribution in [1.29, 1.82) is 0 Å². The largest absolute Gasteiger partial charge is 0.369 e. The Hall–Kier alpha value is -2.79. The monoisotopic (exact) mass is 463 g/mol. The number of nitrogens with one attached hydrogen (secondary N) is 3. The van der Waals surface area contributed by atoms with E-state index >= 15 is 0 Å². The first kappa shape index (κ1) is 22.4. The fourth-order valence-electron chi connectivity index (χ4n) is 3.61. The van der Waals surface area contributed by atoms with Crippen LogP contribution in [0.25, 0.3) is 11.9 Å². The van der Waals surface area contributed by atoms with Gasteiger partial charge in [0.05, 0.1) is 12.2 Å². The Morgan fingerprint density at radius 2 is 1.88 bits per heavy atom. The van der Waals surface area contributed by atoms with E-state index in [1.807, 2.05) is 29.1 Å². The van der Waals surface area contributed by atoms with E-state index in [1.165, 1.54) is 11.1 Å². The number of benzene rings is 2. The van der Waals surface area contributed by atoms with Gasteiger partial charge < -0.3 is 10.6 Å². The fourth-order valence-corrected chi connectivity index (χ4v) is 4.90. The molecule has 7 heteroatoms. The van der Waals surface area contributed by atoms with E-state index in [1.54, 1.807) is 0 Å². The summed E-state index contributed by atoms with van der Waals surface area (Å²) in [6.07, 6.45) is 6.13. The van der Waals surface area contributed by atoms with E-state index in [9.17, 15) is 0 Å². The predicted octanol–water partition coefficient (Wildman–Crippen LogP) is 4.09. The lowest BCUT2D eigenvalue weighted by Crippen LogP contribution is -2.31. The van der Waals surface area contributed by atoms with Crippen LogP contribution in [0, 0.1) is 6.92 Å². The van der Waals surface area contributed by atoms with Gasteiger partial charge in [-0.2, -0.15) is 5.10 Å². The van der Waals surface area contributed by atoms with Crippen LogP contribution in [0.2, 0.25) is 0 Å². The Bertz CT molecular complexity index is 1240. The van der Waals surface area contributed by atoms with Crippen LogP contribution in [0.5, 0.6) is 0 Å². The number of anilines is 1. The average Bonchev–Trinajstić information content (AvgIpc) is 3.17. The van der Waals surface area contributed by atoms with Crippen LogP contribution in [0.4, 0.5) is 5.82 Å². The Labute approximate surface area is 193 Å². The number of nitrogens with zero attached hydrogens (tertiary/aromatic N) is 2. The van der Waals surface area contributed by atoms with Gasteiger partial charge in [0.1, 0.15) is 11.6 Å². The summed E-state index contributed by atoms with van der Waals surface area (Å²) in [7, 11) is 1.23. The molecule has 0 radical (unpaired) electrons. The van der Waals surface area contributed by atoms with Gasteiger partial charge in [-0.15, -0.1) is 9.39 Å². The summed E-state index contributed by atoms with van der Waals surface area (Å²) >= 11 is 0. The third-order valence-electron chi connectivity index (χ3n) is 5.31. The molecule has 2 aromatic carbocycles. The number of aryl methyl sites for hydroxylation is 1. The van der Waals surface area contributed by atoms with Crippen LogP contribution in [-0.2, 0) is 0 Å². The van der Waals surface area contributed by atoms with E-state index in [0.717, 1.165) is 35.6 Å². The van der Waals surface area contributed by atoms with Crippen LogP contribution in [0.15, 0.2) is 72.3 Å². The Balaban J connectivity index is 1.42. The van der Waals surface area contributed by atoms with E-state index in [4.69, 9.17) is 0 Å². The summed E-state index contributed by atoms with van der Waals surface area (Å²) in [5.41, 5.74) is 3.67. The van der Waals surface area contributed by atoms with Gasteiger partial charge >= 0.3 is 0 Å². The van der Waals surface area contributed by atoms with Gasteiger partial charge in [-0.1, -0.05) is 75.6 Å². The van der Waals surface area contributed by atoms with Gasteiger partial charge in [0.25, 0.3) is 0 Å². The molecule has 0 bridgehead atoms. The topological polar surface area (TPSA) is 53.9 Å². The molecular weight excluding hydrogens is 433 g/mol. The van der Waals surface area contributed by atoms with Crippen LogP contribution in [0.3, 0.4) is 0 Å². The van der Waals surface area contributed by atoms with Gasteiger partial charge in [-0.05, 0) is 41.2 Å². The molecule has 4 rings (SSSR count). The zero-order chi connectivity index (χ0) is 22.6. The van der Waals surface area contributed by atoms with Crippen molar-refractivity contribution in [2.75, 3.05) is 18.4 Å². The third-order valence-corrected chi connectivity index (χ3v) is 7.17. The van der Waals surface area contributed by atoms with E-state index < -0.39 is 9.39 Å². The highest BCUT2D eigenvalue weighted by Crippen LogP contribution is 2.30. The van der Waals surface area contributed by atoms with Crippen molar-refractivity contribution in [3.05, 3.63) is 89.0 Å². The molecular formula is C25H30N5PS. The van der Waals surface area contributed by atoms with Gasteiger partial charge in [-0.25, -0.2) is 4.68 Å². The molecule has 0 amide bonds. The minimum Gasteiger partial charge on any atom is -0.369 e. The molecule has 0 spiro atoms. The maximum Gasteiger partial charge on any atom is 0.139 e. The molecule has 2 heterocycles. The molecule has 1 aliphatic rings. The molecule has 3 aromatic rings. The number of hydrogen-bond acceptors (Lipinski definition) is 4. The van der Waals surface area contributed by atoms with Crippen molar-refractivity contribution in [2.24, 2.45) is 0 Å². The summed E-state index contributed by atoms with van der Waals surface area (Å²) in [4.78, 5) is 0. The summed E-state index contributed by atoms with van der Waals surface area (Å²) in [5, 5.41) is 14.8. The van der Waals surface area contributed by atoms with Crippen molar-refractivity contribution in [3.8, 4) is 0 Å². The van der Waals surface area contributed by atoms with Crippen molar-refractivity contribution in [1.82, 2.24) is 19.8 Å². The van der Waals surface area contributed by atoms with Crippen molar-refractivity contribution in [3.63, 3.8) is 0 Å². The highest BCUT2D eigenvalue weighted by molar-refractivity contribution is 8.28. The van der Waals surface area contributed by atoms with Crippen molar-refractivity contribution < 1.29 is 0 Å². The molecule has 0 aliphatic carbocycles. The quantitative estimate of drug-likeness (QED) is 0.268. The maximum atomic E-state index is 4.53. The molecule has 1 aromatic heterocycles. The molecule has 166 valence electrons. The fraction of sp³-hybridized carbons (Fsp3) is 0.160. The standard InChI is InChI=1S/C25H30N5PS/c1-19-9-7-8-12-21(19)22-17-24(30-25(29-22)23(31)18-27-30)26-14-15-28-32(2,3)16-13-20-10-5-4-6-11-20/h4-13,16-18,22,26,28-29H,2-3,14-15,31H2,1H3/b16-13+. The predicted molar refractivity (Wildman–Crippen MR) is 147 cm³/mol. The molecule has 0 fully saturated rings. The Morgan fingerprint density at radius 3 is 2.66 bits per heavy atom. The normalized spacial score (nSPS) is 15.8. The molecule has 5 nitrogen and oxygen atoms in total. The highest BCUT2D eigenvalue weighted by atomic mass is 32.2. The van der Waals surface area contributed by atoms with E-state index in [0.29, 0.717) is 0 Å². The SMILES string of the molecule is C=S(=C)(/C=C/c1ccccc1)NCCNC1=CC(c2ccccc2C)Nc2c(P)cnn21. The second-order valence-corrected chi connectivity index (χ2v) is 10.9. The molecule has 3 N–H and O–H groups in total. The van der Waals surface area contributed by atoms with Crippen molar-refractivity contribution in [2.45, 2.75) is 13.0 Å². The molecule has 0 saturated carbocycles.